The fourth-order valence-electron chi connectivity index (χ4n) is 3.38. The number of hydrogen-bond acceptors (Lipinski definition) is 5. The first kappa shape index (κ1) is 20.5. The monoisotopic (exact) mass is 394 g/mol. The maximum absolute atomic E-state index is 12.5. The molecule has 0 saturated carbocycles. The maximum atomic E-state index is 12.5. The van der Waals surface area contributed by atoms with Crippen molar-refractivity contribution in [3.8, 4) is 0 Å². The summed E-state index contributed by atoms with van der Waals surface area (Å²) in [6.07, 6.45) is 3.23. The van der Waals surface area contributed by atoms with E-state index < -0.39 is 4.92 Å². The van der Waals surface area contributed by atoms with E-state index in [1.165, 1.54) is 29.5 Å². The normalized spacial score (nSPS) is 14.6. The van der Waals surface area contributed by atoms with Crippen molar-refractivity contribution in [1.82, 2.24) is 9.80 Å². The topological polar surface area (TPSA) is 69.9 Å². The first-order valence-electron chi connectivity index (χ1n) is 9.62. The Hall–Kier alpha value is -3.19. The van der Waals surface area contributed by atoms with E-state index >= 15 is 0 Å². The molecule has 0 aromatic heterocycles. The molecule has 0 aliphatic carbocycles. The quantitative estimate of drug-likeness (QED) is 0.428. The highest BCUT2D eigenvalue weighted by Gasteiger charge is 2.20. The molecule has 0 N–H and O–H groups in total. The zero-order valence-corrected chi connectivity index (χ0v) is 16.8. The molecule has 2 aromatic rings. The number of nitro groups is 1. The van der Waals surface area contributed by atoms with Crippen molar-refractivity contribution in [3.05, 3.63) is 75.8 Å². The summed E-state index contributed by atoms with van der Waals surface area (Å²) in [4.78, 5) is 29.0. The second kappa shape index (κ2) is 9.34. The van der Waals surface area contributed by atoms with Crippen molar-refractivity contribution < 1.29 is 9.72 Å². The molecule has 0 spiro atoms. The van der Waals surface area contributed by atoms with E-state index in [4.69, 9.17) is 0 Å². The average Bonchev–Trinajstić information content (AvgIpc) is 2.72. The summed E-state index contributed by atoms with van der Waals surface area (Å²) in [5.74, 6) is -0.0376. The summed E-state index contributed by atoms with van der Waals surface area (Å²) in [5.41, 5.74) is 3.27. The third kappa shape index (κ3) is 5.65. The Kier molecular flexibility index (Phi) is 6.61. The SMILES string of the molecule is CN(C)Cc1cccc(N2CCN(C(=O)/C=C/c3ccc([N+](=O)[O-])cc3)CC2)c1. The molecule has 0 atom stereocenters. The number of nitro benzene ring substituents is 1. The standard InChI is InChI=1S/C22H26N4O3/c1-23(2)17-19-4-3-5-21(16-19)24-12-14-25(15-13-24)22(27)11-8-18-6-9-20(10-7-18)26(28)29/h3-11,16H,12-15,17H2,1-2H3/b11-8+. The molecule has 1 amide bonds. The van der Waals surface area contributed by atoms with Gasteiger partial charge < -0.3 is 14.7 Å². The Bertz CT molecular complexity index is 885. The summed E-state index contributed by atoms with van der Waals surface area (Å²) >= 11 is 0. The van der Waals surface area contributed by atoms with Gasteiger partial charge in [-0.1, -0.05) is 12.1 Å². The van der Waals surface area contributed by atoms with Gasteiger partial charge in [-0.25, -0.2) is 0 Å². The lowest BCUT2D eigenvalue weighted by molar-refractivity contribution is -0.384. The molecule has 7 heteroatoms. The van der Waals surface area contributed by atoms with Gasteiger partial charge in [0.15, 0.2) is 0 Å². The lowest BCUT2D eigenvalue weighted by Gasteiger charge is -2.36. The molecule has 2 aromatic carbocycles. The van der Waals surface area contributed by atoms with Crippen LogP contribution in [0.25, 0.3) is 6.08 Å². The number of carbonyl (C=O) groups excluding carboxylic acids is 1. The van der Waals surface area contributed by atoms with Gasteiger partial charge in [0.1, 0.15) is 0 Å². The van der Waals surface area contributed by atoms with Crippen LogP contribution in [0, 0.1) is 10.1 Å². The lowest BCUT2D eigenvalue weighted by atomic mass is 10.1. The minimum absolute atomic E-state index is 0.0376. The van der Waals surface area contributed by atoms with Gasteiger partial charge in [-0.15, -0.1) is 0 Å². The smallest absolute Gasteiger partial charge is 0.269 e. The van der Waals surface area contributed by atoms with Crippen LogP contribution in [0.1, 0.15) is 11.1 Å². The molecule has 0 unspecified atom stereocenters. The van der Waals surface area contributed by atoms with Crippen molar-refractivity contribution >= 4 is 23.4 Å². The van der Waals surface area contributed by atoms with Crippen LogP contribution >= 0.6 is 0 Å². The van der Waals surface area contributed by atoms with E-state index in [0.29, 0.717) is 13.1 Å². The molecule has 0 radical (unpaired) electrons. The highest BCUT2D eigenvalue weighted by Crippen LogP contribution is 2.19. The molecule has 3 rings (SSSR count). The van der Waals surface area contributed by atoms with Crippen molar-refractivity contribution in [2.45, 2.75) is 6.54 Å². The van der Waals surface area contributed by atoms with E-state index in [1.54, 1.807) is 18.2 Å². The number of hydrogen-bond donors (Lipinski definition) is 0. The number of non-ortho nitro benzene ring substituents is 1. The van der Waals surface area contributed by atoms with E-state index in [2.05, 4.69) is 48.2 Å². The van der Waals surface area contributed by atoms with Crippen molar-refractivity contribution in [1.29, 1.82) is 0 Å². The number of anilines is 1. The van der Waals surface area contributed by atoms with Crippen LogP contribution in [0.3, 0.4) is 0 Å². The number of nitrogens with zero attached hydrogens (tertiary/aromatic N) is 4. The summed E-state index contributed by atoms with van der Waals surface area (Å²) in [5, 5.41) is 10.7. The molecule has 1 aliphatic rings. The van der Waals surface area contributed by atoms with E-state index in [9.17, 15) is 14.9 Å². The maximum Gasteiger partial charge on any atom is 0.269 e. The van der Waals surface area contributed by atoms with Crippen LogP contribution in [0.2, 0.25) is 0 Å². The molecule has 7 nitrogen and oxygen atoms in total. The predicted octanol–water partition coefficient (Wildman–Crippen LogP) is 3.02. The Morgan fingerprint density at radius 3 is 2.41 bits per heavy atom. The Balaban J connectivity index is 1.54. The minimum Gasteiger partial charge on any atom is -0.368 e. The Morgan fingerprint density at radius 1 is 1.10 bits per heavy atom. The summed E-state index contributed by atoms with van der Waals surface area (Å²) < 4.78 is 0. The zero-order chi connectivity index (χ0) is 20.8. The molecular formula is C22H26N4O3. The molecule has 1 aliphatic heterocycles. The van der Waals surface area contributed by atoms with Crippen molar-refractivity contribution in [2.24, 2.45) is 0 Å². The predicted molar refractivity (Wildman–Crippen MR) is 115 cm³/mol. The van der Waals surface area contributed by atoms with E-state index in [0.717, 1.165) is 25.2 Å². The van der Waals surface area contributed by atoms with Crippen LogP contribution < -0.4 is 4.90 Å². The molecule has 1 saturated heterocycles. The van der Waals surface area contributed by atoms with Gasteiger partial charge in [-0.3, -0.25) is 14.9 Å². The van der Waals surface area contributed by atoms with Gasteiger partial charge in [0.25, 0.3) is 5.69 Å². The third-order valence-corrected chi connectivity index (χ3v) is 4.89. The van der Waals surface area contributed by atoms with Crippen LogP contribution in [0.15, 0.2) is 54.6 Å². The van der Waals surface area contributed by atoms with Gasteiger partial charge in [-0.2, -0.15) is 0 Å². The average molecular weight is 394 g/mol. The first-order chi connectivity index (χ1) is 13.9. The number of piperazine rings is 1. The molecule has 1 heterocycles. The highest BCUT2D eigenvalue weighted by molar-refractivity contribution is 5.92. The van der Waals surface area contributed by atoms with Crippen LogP contribution in [-0.2, 0) is 11.3 Å². The molecule has 1 fully saturated rings. The van der Waals surface area contributed by atoms with Crippen LogP contribution in [-0.4, -0.2) is 60.9 Å². The summed E-state index contributed by atoms with van der Waals surface area (Å²) in [6, 6.07) is 14.7. The molecule has 0 bridgehead atoms. The summed E-state index contributed by atoms with van der Waals surface area (Å²) in [6.45, 7) is 3.83. The lowest BCUT2D eigenvalue weighted by Crippen LogP contribution is -2.48. The van der Waals surface area contributed by atoms with Crippen molar-refractivity contribution in [3.63, 3.8) is 0 Å². The van der Waals surface area contributed by atoms with Crippen LogP contribution in [0.4, 0.5) is 11.4 Å². The van der Waals surface area contributed by atoms with Gasteiger partial charge in [0.2, 0.25) is 5.91 Å². The highest BCUT2D eigenvalue weighted by atomic mass is 16.6. The third-order valence-electron chi connectivity index (χ3n) is 4.89. The first-order valence-corrected chi connectivity index (χ1v) is 9.62. The van der Waals surface area contributed by atoms with E-state index in [1.807, 2.05) is 4.90 Å². The van der Waals surface area contributed by atoms with Gasteiger partial charge in [0.05, 0.1) is 4.92 Å². The second-order valence-corrected chi connectivity index (χ2v) is 7.40. The molecule has 29 heavy (non-hydrogen) atoms. The zero-order valence-electron chi connectivity index (χ0n) is 16.8. The van der Waals surface area contributed by atoms with Gasteiger partial charge in [-0.05, 0) is 55.6 Å². The number of amides is 1. The van der Waals surface area contributed by atoms with Crippen molar-refractivity contribution in [2.75, 3.05) is 45.2 Å². The Labute approximate surface area is 171 Å². The fraction of sp³-hybridized carbons (Fsp3) is 0.318. The molecular weight excluding hydrogens is 368 g/mol. The number of rotatable bonds is 6. The Morgan fingerprint density at radius 2 is 1.79 bits per heavy atom. The van der Waals surface area contributed by atoms with Gasteiger partial charge >= 0.3 is 0 Å². The number of benzene rings is 2. The summed E-state index contributed by atoms with van der Waals surface area (Å²) in [7, 11) is 4.11. The minimum atomic E-state index is -0.436. The number of carbonyl (C=O) groups is 1. The van der Waals surface area contributed by atoms with Crippen LogP contribution in [0.5, 0.6) is 0 Å². The van der Waals surface area contributed by atoms with E-state index in [-0.39, 0.29) is 11.6 Å². The fourth-order valence-corrected chi connectivity index (χ4v) is 3.38. The van der Waals surface area contributed by atoms with Gasteiger partial charge in [0, 0.05) is 56.6 Å². The molecule has 152 valence electrons. The second-order valence-electron chi connectivity index (χ2n) is 7.40. The largest absolute Gasteiger partial charge is 0.368 e.